The van der Waals surface area contributed by atoms with Gasteiger partial charge in [0, 0.05) is 12.6 Å². The fraction of sp³-hybridized carbons (Fsp3) is 0.471. The Morgan fingerprint density at radius 3 is 2.57 bits per heavy atom. The van der Waals surface area contributed by atoms with Crippen LogP contribution in [0.4, 0.5) is 0 Å². The third-order valence-corrected chi connectivity index (χ3v) is 3.80. The quantitative estimate of drug-likeness (QED) is 0.803. The van der Waals surface area contributed by atoms with Gasteiger partial charge in [-0.15, -0.1) is 0 Å². The standard InChI is InChI=1S/C17H23NO3/c1-13(14-5-7-15(20-4)8-6-14)11-16(19)18-9-10-21-12-17(18,2)3/h5-8,11H,9-10,12H2,1-4H3/b13-11+. The van der Waals surface area contributed by atoms with Crippen molar-refractivity contribution in [1.29, 1.82) is 0 Å². The normalized spacial score (nSPS) is 18.5. The molecule has 114 valence electrons. The molecule has 4 heteroatoms. The highest BCUT2D eigenvalue weighted by atomic mass is 16.5. The lowest BCUT2D eigenvalue weighted by molar-refractivity contribution is -0.140. The van der Waals surface area contributed by atoms with Crippen LogP contribution in [0.25, 0.3) is 5.57 Å². The van der Waals surface area contributed by atoms with Crippen molar-refractivity contribution in [3.8, 4) is 5.75 Å². The molecule has 0 aliphatic carbocycles. The zero-order valence-corrected chi connectivity index (χ0v) is 13.2. The molecule has 0 N–H and O–H groups in total. The van der Waals surface area contributed by atoms with Gasteiger partial charge in [-0.2, -0.15) is 0 Å². The van der Waals surface area contributed by atoms with Gasteiger partial charge in [-0.05, 0) is 44.0 Å². The van der Waals surface area contributed by atoms with E-state index in [1.54, 1.807) is 13.2 Å². The number of rotatable bonds is 3. The van der Waals surface area contributed by atoms with Crippen LogP contribution in [-0.2, 0) is 9.53 Å². The molecule has 0 unspecified atom stereocenters. The minimum atomic E-state index is -0.258. The van der Waals surface area contributed by atoms with Crippen LogP contribution in [0, 0.1) is 0 Å². The maximum Gasteiger partial charge on any atom is 0.247 e. The number of methoxy groups -OCH3 is 1. The van der Waals surface area contributed by atoms with Crippen molar-refractivity contribution in [2.75, 3.05) is 26.9 Å². The second-order valence-electron chi connectivity index (χ2n) is 5.91. The van der Waals surface area contributed by atoms with Crippen LogP contribution in [0.3, 0.4) is 0 Å². The lowest BCUT2D eigenvalue weighted by Gasteiger charge is -2.41. The molecule has 1 saturated heterocycles. The van der Waals surface area contributed by atoms with E-state index in [-0.39, 0.29) is 11.4 Å². The maximum absolute atomic E-state index is 12.5. The molecule has 1 amide bonds. The molecule has 0 aromatic heterocycles. The molecule has 0 bridgehead atoms. The number of carbonyl (C=O) groups is 1. The SMILES string of the molecule is COc1ccc(/C(C)=C/C(=O)N2CCOCC2(C)C)cc1. The smallest absolute Gasteiger partial charge is 0.247 e. The molecule has 0 saturated carbocycles. The van der Waals surface area contributed by atoms with Crippen LogP contribution in [0.5, 0.6) is 5.75 Å². The van der Waals surface area contributed by atoms with E-state index in [1.807, 2.05) is 49.9 Å². The Kier molecular flexibility index (Phi) is 4.68. The largest absolute Gasteiger partial charge is 0.497 e. The minimum absolute atomic E-state index is 0.0385. The van der Waals surface area contributed by atoms with Gasteiger partial charge in [0.05, 0.1) is 25.9 Å². The highest BCUT2D eigenvalue weighted by molar-refractivity contribution is 5.95. The van der Waals surface area contributed by atoms with E-state index in [2.05, 4.69) is 0 Å². The molecule has 1 heterocycles. The Morgan fingerprint density at radius 1 is 1.33 bits per heavy atom. The molecular formula is C17H23NO3. The number of morpholine rings is 1. The molecule has 4 nitrogen and oxygen atoms in total. The summed E-state index contributed by atoms with van der Waals surface area (Å²) in [4.78, 5) is 14.4. The van der Waals surface area contributed by atoms with Crippen LogP contribution in [-0.4, -0.2) is 43.2 Å². The van der Waals surface area contributed by atoms with Crippen LogP contribution in [0.1, 0.15) is 26.3 Å². The molecule has 0 radical (unpaired) electrons. The van der Waals surface area contributed by atoms with Crippen LogP contribution in [0.2, 0.25) is 0 Å². The molecule has 2 rings (SSSR count). The molecule has 21 heavy (non-hydrogen) atoms. The third kappa shape index (κ3) is 3.64. The number of carbonyl (C=O) groups excluding carboxylic acids is 1. The van der Waals surface area contributed by atoms with Gasteiger partial charge in [0.15, 0.2) is 0 Å². The van der Waals surface area contributed by atoms with Crippen molar-refractivity contribution in [2.45, 2.75) is 26.3 Å². The number of hydrogen-bond acceptors (Lipinski definition) is 3. The molecule has 1 aromatic carbocycles. The lowest BCUT2D eigenvalue weighted by atomic mass is 10.0. The fourth-order valence-electron chi connectivity index (χ4n) is 2.47. The summed E-state index contributed by atoms with van der Waals surface area (Å²) in [5.41, 5.74) is 1.71. The number of amides is 1. The predicted octanol–water partition coefficient (Wildman–Crippen LogP) is 2.74. The monoisotopic (exact) mass is 289 g/mol. The van der Waals surface area contributed by atoms with Gasteiger partial charge < -0.3 is 14.4 Å². The Balaban J connectivity index is 2.15. The zero-order chi connectivity index (χ0) is 15.5. The van der Waals surface area contributed by atoms with E-state index < -0.39 is 0 Å². The highest BCUT2D eigenvalue weighted by Crippen LogP contribution is 2.22. The van der Waals surface area contributed by atoms with Gasteiger partial charge in [-0.3, -0.25) is 4.79 Å². The van der Waals surface area contributed by atoms with Gasteiger partial charge in [0.2, 0.25) is 5.91 Å². The summed E-state index contributed by atoms with van der Waals surface area (Å²) in [6.07, 6.45) is 1.70. The molecule has 1 aliphatic rings. The number of ether oxygens (including phenoxy) is 2. The highest BCUT2D eigenvalue weighted by Gasteiger charge is 2.33. The molecule has 1 fully saturated rings. The fourth-order valence-corrected chi connectivity index (χ4v) is 2.47. The first kappa shape index (κ1) is 15.6. The predicted molar refractivity (Wildman–Crippen MR) is 83.3 cm³/mol. The van der Waals surface area contributed by atoms with E-state index in [0.717, 1.165) is 16.9 Å². The van der Waals surface area contributed by atoms with Crippen molar-refractivity contribution in [3.63, 3.8) is 0 Å². The average molecular weight is 289 g/mol. The summed E-state index contributed by atoms with van der Waals surface area (Å²) in [6, 6.07) is 7.72. The second-order valence-corrected chi connectivity index (χ2v) is 5.91. The number of allylic oxidation sites excluding steroid dienone is 1. The first-order valence-electron chi connectivity index (χ1n) is 7.16. The van der Waals surface area contributed by atoms with Crippen LogP contribution < -0.4 is 4.74 Å². The van der Waals surface area contributed by atoms with E-state index >= 15 is 0 Å². The summed E-state index contributed by atoms with van der Waals surface area (Å²) in [5, 5.41) is 0. The van der Waals surface area contributed by atoms with Gasteiger partial charge in [0.25, 0.3) is 0 Å². The summed E-state index contributed by atoms with van der Waals surface area (Å²) < 4.78 is 10.6. The summed E-state index contributed by atoms with van der Waals surface area (Å²) in [6.45, 7) is 7.82. The molecule has 1 aliphatic heterocycles. The first-order chi connectivity index (χ1) is 9.94. The van der Waals surface area contributed by atoms with Crippen molar-refractivity contribution in [3.05, 3.63) is 35.9 Å². The van der Waals surface area contributed by atoms with E-state index in [9.17, 15) is 4.79 Å². The van der Waals surface area contributed by atoms with Gasteiger partial charge in [-0.25, -0.2) is 0 Å². The second kappa shape index (κ2) is 6.31. The van der Waals surface area contributed by atoms with Crippen molar-refractivity contribution < 1.29 is 14.3 Å². The number of nitrogens with zero attached hydrogens (tertiary/aromatic N) is 1. The Bertz CT molecular complexity index is 531. The molecule has 1 aromatic rings. The maximum atomic E-state index is 12.5. The third-order valence-electron chi connectivity index (χ3n) is 3.80. The van der Waals surface area contributed by atoms with E-state index in [1.165, 1.54) is 0 Å². The number of hydrogen-bond donors (Lipinski definition) is 0. The van der Waals surface area contributed by atoms with Crippen molar-refractivity contribution in [1.82, 2.24) is 4.90 Å². The number of benzene rings is 1. The topological polar surface area (TPSA) is 38.8 Å². The summed E-state index contributed by atoms with van der Waals surface area (Å²) in [5.74, 6) is 0.851. The van der Waals surface area contributed by atoms with E-state index in [0.29, 0.717) is 19.8 Å². The molecule has 0 atom stereocenters. The Morgan fingerprint density at radius 2 is 2.00 bits per heavy atom. The van der Waals surface area contributed by atoms with Crippen molar-refractivity contribution >= 4 is 11.5 Å². The lowest BCUT2D eigenvalue weighted by Crippen LogP contribution is -2.55. The van der Waals surface area contributed by atoms with Gasteiger partial charge in [0.1, 0.15) is 5.75 Å². The van der Waals surface area contributed by atoms with Crippen LogP contribution in [0.15, 0.2) is 30.3 Å². The van der Waals surface area contributed by atoms with Crippen LogP contribution >= 0.6 is 0 Å². The molecule has 0 spiro atoms. The molecular weight excluding hydrogens is 266 g/mol. The average Bonchev–Trinajstić information content (AvgIpc) is 2.46. The first-order valence-corrected chi connectivity index (χ1v) is 7.16. The van der Waals surface area contributed by atoms with Gasteiger partial charge >= 0.3 is 0 Å². The van der Waals surface area contributed by atoms with Crippen molar-refractivity contribution in [2.24, 2.45) is 0 Å². The zero-order valence-electron chi connectivity index (χ0n) is 13.2. The minimum Gasteiger partial charge on any atom is -0.497 e. The summed E-state index contributed by atoms with van der Waals surface area (Å²) in [7, 11) is 1.64. The Labute approximate surface area is 126 Å². The van der Waals surface area contributed by atoms with Gasteiger partial charge in [-0.1, -0.05) is 12.1 Å². The summed E-state index contributed by atoms with van der Waals surface area (Å²) >= 11 is 0. The Hall–Kier alpha value is -1.81. The van der Waals surface area contributed by atoms with E-state index in [4.69, 9.17) is 9.47 Å².